The van der Waals surface area contributed by atoms with E-state index < -0.39 is 0 Å². The van der Waals surface area contributed by atoms with Gasteiger partial charge in [-0.05, 0) is 53.8 Å². The largest absolute Gasteiger partial charge is 0.416 e. The molecule has 0 N–H and O–H groups in total. The zero-order chi connectivity index (χ0) is 13.2. The van der Waals surface area contributed by atoms with E-state index in [-0.39, 0.29) is 0 Å². The lowest BCUT2D eigenvalue weighted by molar-refractivity contribution is 0.584. The molecule has 2 aromatic carbocycles. The number of rotatable bonds is 2. The molecule has 3 aromatic rings. The van der Waals surface area contributed by atoms with Crippen LogP contribution in [0.2, 0.25) is 0 Å². The summed E-state index contributed by atoms with van der Waals surface area (Å²) in [5, 5.41) is 8.24. The second kappa shape index (κ2) is 5.13. The molecule has 0 saturated heterocycles. The lowest BCUT2D eigenvalue weighted by Gasteiger charge is -1.98. The van der Waals surface area contributed by atoms with Crippen LogP contribution in [0, 0.1) is 10.5 Å². The van der Waals surface area contributed by atoms with Crippen LogP contribution in [0.25, 0.3) is 22.9 Å². The lowest BCUT2D eigenvalue weighted by Crippen LogP contribution is -1.81. The van der Waals surface area contributed by atoms with Crippen molar-refractivity contribution in [2.75, 3.05) is 0 Å². The van der Waals surface area contributed by atoms with Crippen LogP contribution in [0.4, 0.5) is 0 Å². The minimum Gasteiger partial charge on any atom is -0.416 e. The first-order valence-corrected chi connectivity index (χ1v) is 6.97. The van der Waals surface area contributed by atoms with Gasteiger partial charge in [-0.15, -0.1) is 10.2 Å². The first-order chi connectivity index (χ1) is 9.24. The summed E-state index contributed by atoms with van der Waals surface area (Å²) in [6.45, 7) is 2.05. The highest BCUT2D eigenvalue weighted by molar-refractivity contribution is 14.1. The van der Waals surface area contributed by atoms with Crippen molar-refractivity contribution in [3.8, 4) is 22.9 Å². The summed E-state index contributed by atoms with van der Waals surface area (Å²) in [6, 6.07) is 16.0. The van der Waals surface area contributed by atoms with E-state index in [1.807, 2.05) is 48.5 Å². The number of hydrogen-bond acceptors (Lipinski definition) is 3. The van der Waals surface area contributed by atoms with E-state index in [1.54, 1.807) is 0 Å². The van der Waals surface area contributed by atoms with Crippen molar-refractivity contribution in [3.63, 3.8) is 0 Å². The van der Waals surface area contributed by atoms with Gasteiger partial charge in [0.2, 0.25) is 11.8 Å². The molecule has 1 heterocycles. The average molecular weight is 362 g/mol. The van der Waals surface area contributed by atoms with Gasteiger partial charge >= 0.3 is 0 Å². The summed E-state index contributed by atoms with van der Waals surface area (Å²) in [5.41, 5.74) is 3.12. The highest BCUT2D eigenvalue weighted by atomic mass is 127. The minimum absolute atomic E-state index is 0.551. The first kappa shape index (κ1) is 12.3. The molecule has 3 rings (SSSR count). The number of aryl methyl sites for hydroxylation is 1. The Hall–Kier alpha value is -1.69. The fraction of sp³-hybridized carbons (Fsp3) is 0.0667. The third-order valence-electron chi connectivity index (χ3n) is 2.83. The van der Waals surface area contributed by atoms with Gasteiger partial charge in [0.1, 0.15) is 0 Å². The molecule has 4 heteroatoms. The zero-order valence-corrected chi connectivity index (χ0v) is 12.5. The first-order valence-electron chi connectivity index (χ1n) is 5.89. The summed E-state index contributed by atoms with van der Waals surface area (Å²) in [4.78, 5) is 0. The number of hydrogen-bond donors (Lipinski definition) is 0. The van der Waals surface area contributed by atoms with Crippen molar-refractivity contribution in [1.29, 1.82) is 0 Å². The van der Waals surface area contributed by atoms with Gasteiger partial charge < -0.3 is 4.42 Å². The van der Waals surface area contributed by atoms with Crippen molar-refractivity contribution in [2.24, 2.45) is 0 Å². The van der Waals surface area contributed by atoms with Crippen LogP contribution in [0.5, 0.6) is 0 Å². The second-order valence-corrected chi connectivity index (χ2v) is 5.42. The van der Waals surface area contributed by atoms with Crippen LogP contribution in [0.1, 0.15) is 5.56 Å². The van der Waals surface area contributed by atoms with Crippen LogP contribution in [-0.2, 0) is 0 Å². The number of halogens is 1. The summed E-state index contributed by atoms with van der Waals surface area (Å²) in [5.74, 6) is 1.11. The lowest BCUT2D eigenvalue weighted by atomic mass is 10.1. The molecule has 94 valence electrons. The average Bonchev–Trinajstić information content (AvgIpc) is 2.89. The van der Waals surface area contributed by atoms with Gasteiger partial charge in [-0.25, -0.2) is 0 Å². The Kier molecular flexibility index (Phi) is 3.33. The Balaban J connectivity index is 2.00. The molecule has 0 unspecified atom stereocenters. The SMILES string of the molecule is Cc1ccc(-c2nnc(-c3ccccc3I)o2)cc1. The van der Waals surface area contributed by atoms with Crippen LogP contribution in [0.3, 0.4) is 0 Å². The van der Waals surface area contributed by atoms with Crippen molar-refractivity contribution in [1.82, 2.24) is 10.2 Å². The molecule has 0 aliphatic carbocycles. The number of benzene rings is 2. The Morgan fingerprint density at radius 1 is 0.895 bits per heavy atom. The Bertz CT molecular complexity index is 704. The van der Waals surface area contributed by atoms with Crippen molar-refractivity contribution in [2.45, 2.75) is 6.92 Å². The molecule has 0 saturated carbocycles. The van der Waals surface area contributed by atoms with E-state index in [0.717, 1.165) is 14.7 Å². The Labute approximate surface area is 124 Å². The summed E-state index contributed by atoms with van der Waals surface area (Å²) in [7, 11) is 0. The third kappa shape index (κ3) is 2.53. The smallest absolute Gasteiger partial charge is 0.249 e. The topological polar surface area (TPSA) is 38.9 Å². The Morgan fingerprint density at radius 3 is 2.32 bits per heavy atom. The molecule has 3 nitrogen and oxygen atoms in total. The molecular formula is C15H11IN2O. The molecule has 0 amide bonds. The van der Waals surface area contributed by atoms with Gasteiger partial charge in [0.25, 0.3) is 0 Å². The van der Waals surface area contributed by atoms with E-state index in [1.165, 1.54) is 5.56 Å². The van der Waals surface area contributed by atoms with Gasteiger partial charge in [0.15, 0.2) is 0 Å². The third-order valence-corrected chi connectivity index (χ3v) is 3.77. The van der Waals surface area contributed by atoms with Crippen molar-refractivity contribution < 1.29 is 4.42 Å². The number of aromatic nitrogens is 2. The van der Waals surface area contributed by atoms with Gasteiger partial charge in [0, 0.05) is 9.13 Å². The monoisotopic (exact) mass is 362 g/mol. The van der Waals surface area contributed by atoms with Crippen LogP contribution >= 0.6 is 22.6 Å². The zero-order valence-electron chi connectivity index (χ0n) is 10.3. The van der Waals surface area contributed by atoms with Gasteiger partial charge in [0.05, 0.1) is 5.56 Å². The van der Waals surface area contributed by atoms with E-state index in [9.17, 15) is 0 Å². The predicted molar refractivity (Wildman–Crippen MR) is 82.6 cm³/mol. The maximum absolute atomic E-state index is 5.75. The fourth-order valence-corrected chi connectivity index (χ4v) is 2.40. The predicted octanol–water partition coefficient (Wildman–Crippen LogP) is 4.32. The minimum atomic E-state index is 0.551. The quantitative estimate of drug-likeness (QED) is 0.638. The maximum Gasteiger partial charge on any atom is 0.249 e. The van der Waals surface area contributed by atoms with Gasteiger partial charge in [-0.1, -0.05) is 29.8 Å². The van der Waals surface area contributed by atoms with E-state index in [2.05, 4.69) is 39.7 Å². The molecular weight excluding hydrogens is 351 g/mol. The van der Waals surface area contributed by atoms with Crippen LogP contribution in [0.15, 0.2) is 52.9 Å². The molecule has 0 aliphatic rings. The summed E-state index contributed by atoms with van der Waals surface area (Å²) >= 11 is 2.26. The van der Waals surface area contributed by atoms with E-state index in [4.69, 9.17) is 4.42 Å². The summed E-state index contributed by atoms with van der Waals surface area (Å²) in [6.07, 6.45) is 0. The molecule has 0 atom stereocenters. The van der Waals surface area contributed by atoms with Crippen molar-refractivity contribution in [3.05, 3.63) is 57.7 Å². The molecule has 0 fully saturated rings. The summed E-state index contributed by atoms with van der Waals surface area (Å²) < 4.78 is 6.85. The molecule has 0 radical (unpaired) electrons. The molecule has 0 aliphatic heterocycles. The molecule has 19 heavy (non-hydrogen) atoms. The number of nitrogens with zero attached hydrogens (tertiary/aromatic N) is 2. The maximum atomic E-state index is 5.75. The van der Waals surface area contributed by atoms with Gasteiger partial charge in [-0.3, -0.25) is 0 Å². The Morgan fingerprint density at radius 2 is 1.58 bits per heavy atom. The van der Waals surface area contributed by atoms with Crippen LogP contribution in [-0.4, -0.2) is 10.2 Å². The molecule has 0 spiro atoms. The standard InChI is InChI=1S/C15H11IN2O/c1-10-6-8-11(9-7-10)14-17-18-15(19-14)12-4-2-3-5-13(12)16/h2-9H,1H3. The van der Waals surface area contributed by atoms with Crippen LogP contribution < -0.4 is 0 Å². The van der Waals surface area contributed by atoms with Crippen molar-refractivity contribution >= 4 is 22.6 Å². The fourth-order valence-electron chi connectivity index (χ4n) is 1.78. The normalized spacial score (nSPS) is 10.6. The van der Waals surface area contributed by atoms with E-state index in [0.29, 0.717) is 11.8 Å². The van der Waals surface area contributed by atoms with E-state index >= 15 is 0 Å². The second-order valence-electron chi connectivity index (χ2n) is 4.26. The highest BCUT2D eigenvalue weighted by Crippen LogP contribution is 2.27. The highest BCUT2D eigenvalue weighted by Gasteiger charge is 2.12. The van der Waals surface area contributed by atoms with Gasteiger partial charge in [-0.2, -0.15) is 0 Å². The molecule has 1 aromatic heterocycles. The molecule has 0 bridgehead atoms.